The third kappa shape index (κ3) is 7.50. The molecule has 2 amide bonds. The van der Waals surface area contributed by atoms with E-state index in [4.69, 9.17) is 14.6 Å². The van der Waals surface area contributed by atoms with Crippen molar-refractivity contribution in [1.82, 2.24) is 14.5 Å². The molecule has 11 heteroatoms. The van der Waals surface area contributed by atoms with Crippen LogP contribution in [0.2, 0.25) is 0 Å². The van der Waals surface area contributed by atoms with Crippen LogP contribution in [0.1, 0.15) is 18.9 Å². The average Bonchev–Trinajstić information content (AvgIpc) is 2.91. The number of aliphatic hydroxyl groups excluding tert-OH is 1. The summed E-state index contributed by atoms with van der Waals surface area (Å²) in [4.78, 5) is 27.3. The van der Waals surface area contributed by atoms with Crippen molar-refractivity contribution >= 4 is 21.8 Å². The number of sulfonamides is 1. The monoisotopic (exact) mass is 519 g/mol. The molecule has 0 aromatic heterocycles. The predicted octanol–water partition coefficient (Wildman–Crippen LogP) is 1.00. The minimum Gasteiger partial charge on any atom is -0.484 e. The Morgan fingerprint density at radius 2 is 1.78 bits per heavy atom. The summed E-state index contributed by atoms with van der Waals surface area (Å²) >= 11 is 0. The number of ether oxygens (including phenoxy) is 2. The number of nitrogens with zero attached hydrogens (tertiary/aromatic N) is 2. The van der Waals surface area contributed by atoms with Gasteiger partial charge >= 0.3 is 0 Å². The highest BCUT2D eigenvalue weighted by Crippen LogP contribution is 2.21. The van der Waals surface area contributed by atoms with Crippen LogP contribution in [0.3, 0.4) is 0 Å². The minimum atomic E-state index is -3.63. The van der Waals surface area contributed by atoms with E-state index >= 15 is 0 Å². The number of aliphatic hydroxyl groups is 1. The van der Waals surface area contributed by atoms with Crippen molar-refractivity contribution in [2.24, 2.45) is 0 Å². The van der Waals surface area contributed by atoms with Gasteiger partial charge in [0.25, 0.3) is 5.91 Å². The number of carbonyl (C=O) groups excluding carboxylic acids is 2. The summed E-state index contributed by atoms with van der Waals surface area (Å²) < 4.78 is 37.8. The molecule has 2 N–H and O–H groups in total. The standard InChI is InChI=1S/C25H33N3O7S/c1-20(25(31)26-12-5-15-29)28(18-21-6-3-2-4-7-21)24(30)19-35-22-8-10-23(11-9-22)36(32,33)27-13-16-34-17-14-27/h2-4,6-11,20,29H,5,12-19H2,1H3,(H,26,31). The maximum absolute atomic E-state index is 13.1. The van der Waals surface area contributed by atoms with Gasteiger partial charge in [0.2, 0.25) is 15.9 Å². The van der Waals surface area contributed by atoms with E-state index in [1.807, 2.05) is 30.3 Å². The summed E-state index contributed by atoms with van der Waals surface area (Å²) in [6.07, 6.45) is 0.422. The molecule has 1 unspecified atom stereocenters. The van der Waals surface area contributed by atoms with Crippen molar-refractivity contribution in [1.29, 1.82) is 0 Å². The number of hydrogen-bond donors (Lipinski definition) is 2. The minimum absolute atomic E-state index is 0.0400. The van der Waals surface area contributed by atoms with E-state index in [1.165, 1.54) is 33.5 Å². The second kappa shape index (κ2) is 13.4. The number of rotatable bonds is 12. The van der Waals surface area contributed by atoms with Crippen LogP contribution in [0, 0.1) is 0 Å². The lowest BCUT2D eigenvalue weighted by Crippen LogP contribution is -2.49. The van der Waals surface area contributed by atoms with Crippen LogP contribution in [0.5, 0.6) is 5.75 Å². The van der Waals surface area contributed by atoms with Crippen molar-refractivity contribution in [2.75, 3.05) is 46.1 Å². The molecule has 1 aliphatic rings. The summed E-state index contributed by atoms with van der Waals surface area (Å²) in [7, 11) is -3.63. The van der Waals surface area contributed by atoms with E-state index in [0.717, 1.165) is 5.56 Å². The molecule has 2 aromatic rings. The first-order chi connectivity index (χ1) is 17.3. The number of carbonyl (C=O) groups is 2. The first-order valence-electron chi connectivity index (χ1n) is 11.9. The Labute approximate surface area is 211 Å². The number of hydrogen-bond acceptors (Lipinski definition) is 7. The third-order valence-corrected chi connectivity index (χ3v) is 7.70. The Balaban J connectivity index is 1.65. The number of amides is 2. The summed E-state index contributed by atoms with van der Waals surface area (Å²) in [5, 5.41) is 11.7. The first kappa shape index (κ1) is 27.6. The fourth-order valence-electron chi connectivity index (χ4n) is 3.67. The largest absolute Gasteiger partial charge is 0.484 e. The highest BCUT2D eigenvalue weighted by molar-refractivity contribution is 7.89. The molecule has 1 atom stereocenters. The topological polar surface area (TPSA) is 125 Å². The van der Waals surface area contributed by atoms with Crippen LogP contribution < -0.4 is 10.1 Å². The molecule has 3 rings (SSSR count). The molecule has 2 aromatic carbocycles. The first-order valence-corrected chi connectivity index (χ1v) is 13.3. The van der Waals surface area contributed by atoms with Crippen molar-refractivity contribution in [3.05, 3.63) is 60.2 Å². The van der Waals surface area contributed by atoms with Crippen LogP contribution in [-0.4, -0.2) is 86.6 Å². The van der Waals surface area contributed by atoms with Crippen LogP contribution >= 0.6 is 0 Å². The van der Waals surface area contributed by atoms with Crippen LogP contribution in [-0.2, 0) is 30.9 Å². The zero-order valence-corrected chi connectivity index (χ0v) is 21.2. The Morgan fingerprint density at radius 3 is 2.42 bits per heavy atom. The molecule has 0 radical (unpaired) electrons. The molecule has 36 heavy (non-hydrogen) atoms. The average molecular weight is 520 g/mol. The van der Waals surface area contributed by atoms with Gasteiger partial charge < -0.3 is 24.8 Å². The maximum atomic E-state index is 13.1. The fraction of sp³-hybridized carbons (Fsp3) is 0.440. The van der Waals surface area contributed by atoms with E-state index in [1.54, 1.807) is 6.92 Å². The van der Waals surface area contributed by atoms with Crippen molar-refractivity contribution in [3.8, 4) is 5.75 Å². The molecule has 10 nitrogen and oxygen atoms in total. The van der Waals surface area contributed by atoms with Crippen molar-refractivity contribution in [3.63, 3.8) is 0 Å². The molecule has 0 aliphatic carbocycles. The van der Waals surface area contributed by atoms with Crippen molar-refractivity contribution in [2.45, 2.75) is 30.8 Å². The molecule has 0 spiro atoms. The lowest BCUT2D eigenvalue weighted by molar-refractivity contribution is -0.142. The smallest absolute Gasteiger partial charge is 0.261 e. The van der Waals surface area contributed by atoms with E-state index in [2.05, 4.69) is 5.32 Å². The summed E-state index contributed by atoms with van der Waals surface area (Å²) in [6, 6.07) is 14.5. The zero-order valence-electron chi connectivity index (χ0n) is 20.3. The summed E-state index contributed by atoms with van der Waals surface area (Å²) in [5.74, 6) is -0.386. The van der Waals surface area contributed by atoms with Crippen LogP contribution in [0.25, 0.3) is 0 Å². The number of morpholine rings is 1. The Bertz CT molecular complexity index is 1090. The molecule has 1 fully saturated rings. The van der Waals surface area contributed by atoms with Gasteiger partial charge in [-0.2, -0.15) is 4.31 Å². The normalized spacial score (nSPS) is 15.2. The van der Waals surface area contributed by atoms with Gasteiger partial charge in [-0.15, -0.1) is 0 Å². The molecule has 1 heterocycles. The molecule has 0 saturated carbocycles. The predicted molar refractivity (Wildman–Crippen MR) is 133 cm³/mol. The van der Waals surface area contributed by atoms with Crippen molar-refractivity contribution < 1.29 is 32.6 Å². The summed E-state index contributed by atoms with van der Waals surface area (Å²) in [6.45, 7) is 3.13. The van der Waals surface area contributed by atoms with E-state index in [9.17, 15) is 18.0 Å². The molecule has 1 aliphatic heterocycles. The Kier molecular flexibility index (Phi) is 10.2. The molecule has 0 bridgehead atoms. The second-order valence-electron chi connectivity index (χ2n) is 8.33. The second-order valence-corrected chi connectivity index (χ2v) is 10.3. The fourth-order valence-corrected chi connectivity index (χ4v) is 5.08. The lowest BCUT2D eigenvalue weighted by Gasteiger charge is -2.28. The van der Waals surface area contributed by atoms with Gasteiger partial charge in [-0.3, -0.25) is 9.59 Å². The zero-order chi connectivity index (χ0) is 26.0. The van der Waals surface area contributed by atoms with Gasteiger partial charge in [0.15, 0.2) is 6.61 Å². The highest BCUT2D eigenvalue weighted by atomic mass is 32.2. The Hall–Kier alpha value is -2.99. The van der Waals surface area contributed by atoms with Gasteiger partial charge in [-0.25, -0.2) is 8.42 Å². The SMILES string of the molecule is CC(C(=O)NCCCO)N(Cc1ccccc1)C(=O)COc1ccc(S(=O)(=O)N2CCOCC2)cc1. The van der Waals surface area contributed by atoms with E-state index in [0.29, 0.717) is 45.0 Å². The molecular weight excluding hydrogens is 486 g/mol. The Morgan fingerprint density at radius 1 is 1.11 bits per heavy atom. The lowest BCUT2D eigenvalue weighted by atomic mass is 10.1. The van der Waals surface area contributed by atoms with Crippen LogP contribution in [0.15, 0.2) is 59.5 Å². The summed E-state index contributed by atoms with van der Waals surface area (Å²) in [5.41, 5.74) is 0.860. The number of nitrogens with one attached hydrogen (secondary N) is 1. The van der Waals surface area contributed by atoms with Crippen LogP contribution in [0.4, 0.5) is 0 Å². The number of benzene rings is 2. The van der Waals surface area contributed by atoms with E-state index < -0.39 is 22.0 Å². The van der Waals surface area contributed by atoms with Gasteiger partial charge in [0, 0.05) is 32.8 Å². The molecular formula is C25H33N3O7S. The quantitative estimate of drug-likeness (QED) is 0.401. The van der Waals surface area contributed by atoms with Gasteiger partial charge in [-0.05, 0) is 43.2 Å². The van der Waals surface area contributed by atoms with Gasteiger partial charge in [-0.1, -0.05) is 30.3 Å². The molecule has 1 saturated heterocycles. The van der Waals surface area contributed by atoms with Gasteiger partial charge in [0.1, 0.15) is 11.8 Å². The highest BCUT2D eigenvalue weighted by Gasteiger charge is 2.28. The van der Waals surface area contributed by atoms with Gasteiger partial charge in [0.05, 0.1) is 18.1 Å². The van der Waals surface area contributed by atoms with E-state index in [-0.39, 0.29) is 30.6 Å². The third-order valence-electron chi connectivity index (χ3n) is 5.79. The maximum Gasteiger partial charge on any atom is 0.261 e. The molecule has 196 valence electrons.